The normalized spacial score (nSPS) is 15.6. The Morgan fingerprint density at radius 2 is 2.00 bits per heavy atom. The van der Waals surface area contributed by atoms with Crippen LogP contribution in [0.2, 0.25) is 5.02 Å². The molecule has 0 aliphatic carbocycles. The molecule has 0 aliphatic heterocycles. The molecule has 1 rings (SSSR count). The van der Waals surface area contributed by atoms with Crippen LogP contribution in [-0.4, -0.2) is 16.3 Å². The largest absolute Gasteiger partial charge is 0.485 e. The first-order valence-corrected chi connectivity index (χ1v) is 5.62. The van der Waals surface area contributed by atoms with Crippen LogP contribution in [0.15, 0.2) is 24.3 Å². The van der Waals surface area contributed by atoms with Crippen LogP contribution >= 0.6 is 11.6 Å². The zero-order valence-corrected chi connectivity index (χ0v) is 10.7. The van der Waals surface area contributed by atoms with Gasteiger partial charge in [0.15, 0.2) is 0 Å². The van der Waals surface area contributed by atoms with Gasteiger partial charge in [0, 0.05) is 5.02 Å². The third kappa shape index (κ3) is 2.89. The van der Waals surface area contributed by atoms with Crippen molar-refractivity contribution in [3.63, 3.8) is 0 Å². The minimum absolute atomic E-state index is 0.376. The van der Waals surface area contributed by atoms with Crippen molar-refractivity contribution >= 4 is 11.6 Å². The Balaban J connectivity index is 2.88. The monoisotopic (exact) mass is 241 g/mol. The first-order valence-electron chi connectivity index (χ1n) is 5.25. The lowest BCUT2D eigenvalue weighted by Crippen LogP contribution is -2.51. The van der Waals surface area contributed by atoms with Gasteiger partial charge in [-0.2, -0.15) is 0 Å². The molecule has 0 spiro atoms. The molecule has 1 aromatic carbocycles. The number of hydrogen-bond acceptors (Lipinski definition) is 2. The first-order chi connectivity index (χ1) is 7.28. The zero-order valence-electron chi connectivity index (χ0n) is 9.96. The van der Waals surface area contributed by atoms with E-state index in [1.54, 1.807) is 19.1 Å². The minimum Gasteiger partial charge on any atom is -0.485 e. The van der Waals surface area contributed by atoms with E-state index in [4.69, 9.17) is 16.3 Å². The van der Waals surface area contributed by atoms with Gasteiger partial charge in [0.2, 0.25) is 0 Å². The Labute approximate surface area is 102 Å². The van der Waals surface area contributed by atoms with Gasteiger partial charge < -0.3 is 9.84 Å². The molecule has 1 atom stereocenters. The number of halogens is 1. The molecule has 0 aromatic heterocycles. The van der Waals surface area contributed by atoms with Crippen LogP contribution in [0.5, 0.6) is 5.75 Å². The fourth-order valence-corrected chi connectivity index (χ4v) is 1.42. The number of ether oxygens (including phenoxy) is 1. The topological polar surface area (TPSA) is 29.5 Å². The van der Waals surface area contributed by atoms with E-state index in [0.717, 1.165) is 0 Å². The zero-order chi connectivity index (χ0) is 12.4. The molecule has 0 saturated carbocycles. The van der Waals surface area contributed by atoms with Crippen molar-refractivity contribution in [3.05, 3.63) is 36.2 Å². The van der Waals surface area contributed by atoms with Crippen LogP contribution in [0.4, 0.5) is 0 Å². The van der Waals surface area contributed by atoms with E-state index in [-0.39, 0.29) is 0 Å². The highest BCUT2D eigenvalue weighted by molar-refractivity contribution is 6.30. The van der Waals surface area contributed by atoms with Gasteiger partial charge in [-0.15, -0.1) is 0 Å². The van der Waals surface area contributed by atoms with Crippen molar-refractivity contribution in [3.8, 4) is 5.75 Å². The lowest BCUT2D eigenvalue weighted by atomic mass is 9.85. The SMILES string of the molecule is [CH2]CC(C)(O)C(C)(C)Oc1cccc(Cl)c1. The van der Waals surface area contributed by atoms with Crippen LogP contribution in [-0.2, 0) is 0 Å². The molecular weight excluding hydrogens is 224 g/mol. The van der Waals surface area contributed by atoms with Crippen LogP contribution in [0.25, 0.3) is 0 Å². The number of aliphatic hydroxyl groups is 1. The molecule has 0 bridgehead atoms. The van der Waals surface area contributed by atoms with E-state index in [2.05, 4.69) is 6.92 Å². The van der Waals surface area contributed by atoms with Gasteiger partial charge >= 0.3 is 0 Å². The van der Waals surface area contributed by atoms with Gasteiger partial charge in [0.25, 0.3) is 0 Å². The number of benzene rings is 1. The second kappa shape index (κ2) is 4.64. The Kier molecular flexibility index (Phi) is 3.87. The second-order valence-electron chi connectivity index (χ2n) is 4.59. The molecule has 1 unspecified atom stereocenters. The molecule has 0 heterocycles. The summed E-state index contributed by atoms with van der Waals surface area (Å²) in [4.78, 5) is 0. The molecule has 1 N–H and O–H groups in total. The predicted octanol–water partition coefficient (Wildman–Crippen LogP) is 3.47. The third-order valence-corrected chi connectivity index (χ3v) is 3.19. The predicted molar refractivity (Wildman–Crippen MR) is 66.8 cm³/mol. The van der Waals surface area contributed by atoms with Gasteiger partial charge in [-0.05, 0) is 45.4 Å². The summed E-state index contributed by atoms with van der Waals surface area (Å²) in [7, 11) is 0. The summed E-state index contributed by atoms with van der Waals surface area (Å²) >= 11 is 5.87. The fourth-order valence-electron chi connectivity index (χ4n) is 1.24. The minimum atomic E-state index is -0.991. The lowest BCUT2D eigenvalue weighted by molar-refractivity contribution is -0.101. The summed E-state index contributed by atoms with van der Waals surface area (Å²) in [5.74, 6) is 0.645. The standard InChI is InChI=1S/C13H18ClO2/c1-5-13(4,15)12(2,3)16-11-8-6-7-10(14)9-11/h6-9,15H,1,5H2,2-4H3. The molecule has 89 valence electrons. The van der Waals surface area contributed by atoms with Crippen molar-refractivity contribution in [2.45, 2.75) is 38.4 Å². The van der Waals surface area contributed by atoms with Crippen molar-refractivity contribution in [2.75, 3.05) is 0 Å². The second-order valence-corrected chi connectivity index (χ2v) is 5.03. The quantitative estimate of drug-likeness (QED) is 0.875. The average molecular weight is 242 g/mol. The maximum absolute atomic E-state index is 10.2. The van der Waals surface area contributed by atoms with Gasteiger partial charge in [0.05, 0.1) is 0 Å². The molecule has 1 radical (unpaired) electrons. The molecule has 2 nitrogen and oxygen atoms in total. The van der Waals surface area contributed by atoms with Crippen LogP contribution in [0, 0.1) is 6.92 Å². The summed E-state index contributed by atoms with van der Waals surface area (Å²) in [6, 6.07) is 7.13. The van der Waals surface area contributed by atoms with Crippen LogP contribution < -0.4 is 4.74 Å². The van der Waals surface area contributed by atoms with E-state index in [0.29, 0.717) is 17.2 Å². The highest BCUT2D eigenvalue weighted by atomic mass is 35.5. The Hall–Kier alpha value is -0.730. The van der Waals surface area contributed by atoms with E-state index < -0.39 is 11.2 Å². The molecule has 0 fully saturated rings. The van der Waals surface area contributed by atoms with Gasteiger partial charge in [-0.3, -0.25) is 0 Å². The summed E-state index contributed by atoms with van der Waals surface area (Å²) in [6.07, 6.45) is 0.376. The molecule has 16 heavy (non-hydrogen) atoms. The van der Waals surface area contributed by atoms with Gasteiger partial charge in [-0.25, -0.2) is 0 Å². The summed E-state index contributed by atoms with van der Waals surface area (Å²) < 4.78 is 5.76. The maximum Gasteiger partial charge on any atom is 0.132 e. The third-order valence-electron chi connectivity index (χ3n) is 2.95. The van der Waals surface area contributed by atoms with E-state index >= 15 is 0 Å². The average Bonchev–Trinajstić information content (AvgIpc) is 2.16. The Morgan fingerprint density at radius 3 is 2.50 bits per heavy atom. The van der Waals surface area contributed by atoms with Crippen molar-refractivity contribution < 1.29 is 9.84 Å². The van der Waals surface area contributed by atoms with E-state index in [9.17, 15) is 5.11 Å². The van der Waals surface area contributed by atoms with Crippen LogP contribution in [0.3, 0.4) is 0 Å². The first kappa shape index (κ1) is 13.3. The molecule has 1 aromatic rings. The van der Waals surface area contributed by atoms with E-state index in [1.165, 1.54) is 0 Å². The fraction of sp³-hybridized carbons (Fsp3) is 0.462. The maximum atomic E-state index is 10.2. The summed E-state index contributed by atoms with van der Waals surface area (Å²) in [5.41, 5.74) is -1.71. The number of hydrogen-bond donors (Lipinski definition) is 1. The smallest absolute Gasteiger partial charge is 0.132 e. The molecule has 0 saturated heterocycles. The summed E-state index contributed by atoms with van der Waals surface area (Å²) in [6.45, 7) is 9.10. The van der Waals surface area contributed by atoms with Crippen molar-refractivity contribution in [2.24, 2.45) is 0 Å². The molecule has 3 heteroatoms. The lowest BCUT2D eigenvalue weighted by Gasteiger charge is -2.39. The Morgan fingerprint density at radius 1 is 1.38 bits per heavy atom. The number of rotatable bonds is 4. The summed E-state index contributed by atoms with van der Waals surface area (Å²) in [5, 5.41) is 10.8. The highest BCUT2D eigenvalue weighted by Crippen LogP contribution is 2.31. The van der Waals surface area contributed by atoms with Crippen LogP contribution in [0.1, 0.15) is 27.2 Å². The van der Waals surface area contributed by atoms with Crippen molar-refractivity contribution in [1.29, 1.82) is 0 Å². The highest BCUT2D eigenvalue weighted by Gasteiger charge is 2.40. The van der Waals surface area contributed by atoms with E-state index in [1.807, 2.05) is 26.0 Å². The van der Waals surface area contributed by atoms with Gasteiger partial charge in [0.1, 0.15) is 17.0 Å². The molecule has 0 aliphatic rings. The van der Waals surface area contributed by atoms with Crippen molar-refractivity contribution in [1.82, 2.24) is 0 Å². The molecular formula is C13H18ClO2. The van der Waals surface area contributed by atoms with Gasteiger partial charge in [-0.1, -0.05) is 24.6 Å². The Bertz CT molecular complexity index is 359. The molecule has 0 amide bonds.